The van der Waals surface area contributed by atoms with Crippen LogP contribution in [-0.2, 0) is 0 Å². The van der Waals surface area contributed by atoms with E-state index in [2.05, 4.69) is 15.9 Å². The van der Waals surface area contributed by atoms with Gasteiger partial charge in [0.25, 0.3) is 0 Å². The zero-order valence-electron chi connectivity index (χ0n) is 6.90. The molecule has 1 aromatic carbocycles. The quantitative estimate of drug-likeness (QED) is 0.735. The summed E-state index contributed by atoms with van der Waals surface area (Å²) in [7, 11) is 0. The van der Waals surface area contributed by atoms with Gasteiger partial charge in [-0.1, -0.05) is 22.9 Å². The van der Waals surface area contributed by atoms with Crippen LogP contribution in [0.15, 0.2) is 16.6 Å². The third kappa shape index (κ3) is 2.12. The highest BCUT2D eigenvalue weighted by molar-refractivity contribution is 9.10. The summed E-state index contributed by atoms with van der Waals surface area (Å²) in [6.45, 7) is 1.56. The van der Waals surface area contributed by atoms with Crippen LogP contribution >= 0.6 is 15.9 Å². The second-order valence-electron chi connectivity index (χ2n) is 2.52. The highest BCUT2D eigenvalue weighted by Gasteiger charge is 2.16. The van der Waals surface area contributed by atoms with Crippen LogP contribution in [0.3, 0.4) is 0 Å². The largest absolute Gasteiger partial charge is 0.294 e. The van der Waals surface area contributed by atoms with Gasteiger partial charge in [0.1, 0.15) is 11.6 Å². The minimum Gasteiger partial charge on any atom is -0.294 e. The van der Waals surface area contributed by atoms with E-state index in [-0.39, 0.29) is 10.9 Å². The molecule has 0 saturated heterocycles. The summed E-state index contributed by atoms with van der Waals surface area (Å²) in [6, 6.07) is 2.15. The maximum absolute atomic E-state index is 13.1. The molecule has 0 amide bonds. The summed E-state index contributed by atoms with van der Waals surface area (Å²) >= 11 is 2.93. The molecule has 0 spiro atoms. The van der Waals surface area contributed by atoms with E-state index in [4.69, 9.17) is 0 Å². The Balaban J connectivity index is 3.28. The molecule has 0 aromatic heterocycles. The number of hydrogen-bond donors (Lipinski definition) is 0. The zero-order valence-corrected chi connectivity index (χ0v) is 8.49. The van der Waals surface area contributed by atoms with Gasteiger partial charge in [0.05, 0.1) is 5.56 Å². The number of carbonyl (C=O) groups is 1. The van der Waals surface area contributed by atoms with Crippen molar-refractivity contribution < 1.29 is 13.6 Å². The number of ketones is 1. The van der Waals surface area contributed by atoms with Crippen LogP contribution in [0.1, 0.15) is 23.7 Å². The van der Waals surface area contributed by atoms with E-state index in [1.165, 1.54) is 0 Å². The molecule has 1 nitrogen and oxygen atoms in total. The van der Waals surface area contributed by atoms with E-state index in [0.29, 0.717) is 0 Å². The monoisotopic (exact) mass is 248 g/mol. The number of halogens is 3. The molecule has 0 bridgehead atoms. The first-order valence-corrected chi connectivity index (χ1v) is 4.53. The molecule has 1 rings (SSSR count). The van der Waals surface area contributed by atoms with Crippen LogP contribution in [0.4, 0.5) is 8.78 Å². The van der Waals surface area contributed by atoms with Crippen molar-refractivity contribution in [1.82, 2.24) is 0 Å². The van der Waals surface area contributed by atoms with E-state index < -0.39 is 23.0 Å². The van der Waals surface area contributed by atoms with Crippen molar-refractivity contribution in [3.05, 3.63) is 33.8 Å². The summed E-state index contributed by atoms with van der Waals surface area (Å²) in [5.74, 6) is -2.17. The Kier molecular flexibility index (Phi) is 3.14. The zero-order chi connectivity index (χ0) is 10.0. The third-order valence-electron chi connectivity index (χ3n) is 1.61. The Morgan fingerprint density at radius 3 is 2.23 bits per heavy atom. The fourth-order valence-electron chi connectivity index (χ4n) is 0.985. The van der Waals surface area contributed by atoms with Gasteiger partial charge in [0.2, 0.25) is 0 Å². The number of hydrogen-bond acceptors (Lipinski definition) is 1. The predicted molar refractivity (Wildman–Crippen MR) is 48.7 cm³/mol. The lowest BCUT2D eigenvalue weighted by molar-refractivity contribution is 0.0980. The van der Waals surface area contributed by atoms with Crippen LogP contribution < -0.4 is 0 Å². The van der Waals surface area contributed by atoms with Gasteiger partial charge in [-0.15, -0.1) is 0 Å². The van der Waals surface area contributed by atoms with Gasteiger partial charge in [0.15, 0.2) is 5.78 Å². The predicted octanol–water partition coefficient (Wildman–Crippen LogP) is 3.32. The van der Waals surface area contributed by atoms with Gasteiger partial charge < -0.3 is 0 Å². The summed E-state index contributed by atoms with van der Waals surface area (Å²) in [5.41, 5.74) is -0.453. The number of benzene rings is 1. The lowest BCUT2D eigenvalue weighted by Crippen LogP contribution is -2.04. The Hall–Kier alpha value is -0.770. The van der Waals surface area contributed by atoms with Crippen molar-refractivity contribution in [3.63, 3.8) is 0 Å². The molecule has 0 atom stereocenters. The van der Waals surface area contributed by atoms with Gasteiger partial charge in [-0.3, -0.25) is 4.79 Å². The van der Waals surface area contributed by atoms with Crippen molar-refractivity contribution in [2.24, 2.45) is 0 Å². The third-order valence-corrected chi connectivity index (χ3v) is 2.06. The minimum atomic E-state index is -0.821. The van der Waals surface area contributed by atoms with Crippen LogP contribution in [-0.4, -0.2) is 5.78 Å². The highest BCUT2D eigenvalue weighted by Crippen LogP contribution is 2.20. The maximum atomic E-state index is 13.1. The Morgan fingerprint density at radius 2 is 1.85 bits per heavy atom. The Morgan fingerprint density at radius 1 is 1.38 bits per heavy atom. The number of Topliss-reactive ketones (excluding diaryl/α,β-unsaturated/α-hetero) is 1. The van der Waals surface area contributed by atoms with Gasteiger partial charge in [-0.05, 0) is 12.1 Å². The van der Waals surface area contributed by atoms with Crippen LogP contribution in [0.25, 0.3) is 0 Å². The molecule has 70 valence electrons. The van der Waals surface area contributed by atoms with E-state index in [0.717, 1.165) is 12.1 Å². The van der Waals surface area contributed by atoms with E-state index >= 15 is 0 Å². The second-order valence-corrected chi connectivity index (χ2v) is 3.44. The first-order valence-electron chi connectivity index (χ1n) is 3.74. The number of rotatable bonds is 2. The first kappa shape index (κ1) is 10.3. The van der Waals surface area contributed by atoms with Crippen LogP contribution in [0.2, 0.25) is 0 Å². The van der Waals surface area contributed by atoms with Crippen molar-refractivity contribution in [1.29, 1.82) is 0 Å². The lowest BCUT2D eigenvalue weighted by Gasteiger charge is -2.02. The van der Waals surface area contributed by atoms with E-state index in [9.17, 15) is 13.6 Å². The van der Waals surface area contributed by atoms with Crippen molar-refractivity contribution >= 4 is 21.7 Å². The van der Waals surface area contributed by atoms with Gasteiger partial charge in [0, 0.05) is 10.9 Å². The summed E-state index contributed by atoms with van der Waals surface area (Å²) in [6.07, 6.45) is 0.0927. The van der Waals surface area contributed by atoms with Gasteiger partial charge in [-0.2, -0.15) is 0 Å². The number of carbonyl (C=O) groups excluding carboxylic acids is 1. The van der Waals surface area contributed by atoms with Crippen LogP contribution in [0.5, 0.6) is 0 Å². The molecular weight excluding hydrogens is 242 g/mol. The second kappa shape index (κ2) is 3.96. The van der Waals surface area contributed by atoms with E-state index in [1.54, 1.807) is 6.92 Å². The van der Waals surface area contributed by atoms with Crippen LogP contribution in [0, 0.1) is 11.6 Å². The molecule has 0 aliphatic rings. The Labute approximate surface area is 82.9 Å². The minimum absolute atomic E-state index is 0.0927. The molecule has 1 aromatic rings. The Bertz CT molecular complexity index is 326. The highest BCUT2D eigenvalue weighted by atomic mass is 79.9. The van der Waals surface area contributed by atoms with Crippen molar-refractivity contribution in [2.45, 2.75) is 13.3 Å². The smallest absolute Gasteiger partial charge is 0.168 e. The average molecular weight is 249 g/mol. The lowest BCUT2D eigenvalue weighted by atomic mass is 10.1. The molecule has 0 unspecified atom stereocenters. The average Bonchev–Trinajstić information content (AvgIpc) is 2.02. The normalized spacial score (nSPS) is 10.2. The van der Waals surface area contributed by atoms with Gasteiger partial charge >= 0.3 is 0 Å². The fourth-order valence-corrected chi connectivity index (χ4v) is 1.39. The molecule has 0 aliphatic carbocycles. The van der Waals surface area contributed by atoms with Gasteiger partial charge in [-0.25, -0.2) is 8.78 Å². The molecule has 0 aliphatic heterocycles. The fraction of sp³-hybridized carbons (Fsp3) is 0.222. The first-order chi connectivity index (χ1) is 6.06. The molecule has 4 heteroatoms. The SMILES string of the molecule is CCC(=O)c1c(F)cc(Br)cc1F. The summed E-state index contributed by atoms with van der Waals surface area (Å²) < 4.78 is 26.4. The molecule has 0 saturated carbocycles. The summed E-state index contributed by atoms with van der Waals surface area (Å²) in [5, 5.41) is 0. The summed E-state index contributed by atoms with van der Waals surface area (Å²) in [4.78, 5) is 11.1. The van der Waals surface area contributed by atoms with Crippen molar-refractivity contribution in [3.8, 4) is 0 Å². The maximum Gasteiger partial charge on any atom is 0.168 e. The molecule has 0 N–H and O–H groups in total. The molecule has 0 heterocycles. The molecule has 13 heavy (non-hydrogen) atoms. The topological polar surface area (TPSA) is 17.1 Å². The standard InChI is InChI=1S/C9H7BrF2O/c1-2-8(13)9-6(11)3-5(10)4-7(9)12/h3-4H,2H2,1H3. The van der Waals surface area contributed by atoms with Crippen molar-refractivity contribution in [2.75, 3.05) is 0 Å². The molecule has 0 fully saturated rings. The molecular formula is C9H7BrF2O. The molecule has 0 radical (unpaired) electrons. The van der Waals surface area contributed by atoms with E-state index in [1.807, 2.05) is 0 Å².